The first-order valence-corrected chi connectivity index (χ1v) is 10.7. The Labute approximate surface area is 175 Å². The molecule has 156 valence electrons. The molecule has 3 atom stereocenters. The minimum Gasteiger partial charge on any atom is -0.481 e. The number of nitrogens with one attached hydrogen (secondary N) is 1. The minimum atomic E-state index is -0.548. The predicted octanol–water partition coefficient (Wildman–Crippen LogP) is 5.18. The van der Waals surface area contributed by atoms with Gasteiger partial charge in [0.05, 0.1) is 6.04 Å². The number of carbonyl (C=O) groups is 1. The highest BCUT2D eigenvalue weighted by Crippen LogP contribution is 2.25. The second kappa shape index (κ2) is 9.34. The van der Waals surface area contributed by atoms with Crippen molar-refractivity contribution in [3.8, 4) is 5.75 Å². The molecule has 1 N–H and O–H groups in total. The number of piperidine rings is 1. The summed E-state index contributed by atoms with van der Waals surface area (Å²) in [5, 5.41) is 3.08. The first-order chi connectivity index (χ1) is 13.8. The molecule has 1 aliphatic rings. The fourth-order valence-electron chi connectivity index (χ4n) is 3.99. The molecule has 4 nitrogen and oxygen atoms in total. The number of amides is 1. The Bertz CT molecular complexity index is 831. The number of nitrogens with zero attached hydrogens (tertiary/aromatic N) is 1. The van der Waals surface area contributed by atoms with Crippen molar-refractivity contribution < 1.29 is 9.53 Å². The van der Waals surface area contributed by atoms with Crippen LogP contribution in [0.15, 0.2) is 42.5 Å². The van der Waals surface area contributed by atoms with E-state index in [1.165, 1.54) is 24.1 Å². The molecule has 29 heavy (non-hydrogen) atoms. The standard InChI is InChI=1S/C25H34N2O2/c1-17-8-13-24(19(3)15-17)29-21(5)25(28)26-20(4)22-9-11-23(12-10-22)27-14-6-7-18(2)16-27/h8-13,15,18,20-21H,6-7,14,16H2,1-5H3,(H,26,28). The molecular weight excluding hydrogens is 360 g/mol. The summed E-state index contributed by atoms with van der Waals surface area (Å²) >= 11 is 0. The summed E-state index contributed by atoms with van der Waals surface area (Å²) in [5.74, 6) is 1.40. The molecule has 0 aliphatic carbocycles. The maximum absolute atomic E-state index is 12.6. The van der Waals surface area contributed by atoms with Gasteiger partial charge in [0.25, 0.3) is 5.91 Å². The molecule has 1 aliphatic heterocycles. The van der Waals surface area contributed by atoms with Crippen LogP contribution in [0.1, 0.15) is 56.3 Å². The highest BCUT2D eigenvalue weighted by atomic mass is 16.5. The summed E-state index contributed by atoms with van der Waals surface area (Å²) in [7, 11) is 0. The largest absolute Gasteiger partial charge is 0.481 e. The fraction of sp³-hybridized carbons (Fsp3) is 0.480. The average Bonchev–Trinajstić information content (AvgIpc) is 2.70. The smallest absolute Gasteiger partial charge is 0.261 e. The van der Waals surface area contributed by atoms with Gasteiger partial charge in [-0.15, -0.1) is 0 Å². The first kappa shape index (κ1) is 21.2. The molecule has 0 bridgehead atoms. The molecule has 2 aromatic carbocycles. The lowest BCUT2D eigenvalue weighted by Gasteiger charge is -2.33. The molecule has 0 aromatic heterocycles. The zero-order valence-corrected chi connectivity index (χ0v) is 18.4. The molecule has 2 aromatic rings. The molecule has 0 saturated carbocycles. The van der Waals surface area contributed by atoms with Crippen LogP contribution < -0.4 is 15.0 Å². The average molecular weight is 395 g/mol. The van der Waals surface area contributed by atoms with Crippen LogP contribution in [0.2, 0.25) is 0 Å². The quantitative estimate of drug-likeness (QED) is 0.733. The minimum absolute atomic E-state index is 0.0676. The van der Waals surface area contributed by atoms with E-state index in [4.69, 9.17) is 4.74 Å². The van der Waals surface area contributed by atoms with Crippen LogP contribution in [0.25, 0.3) is 0 Å². The van der Waals surface area contributed by atoms with Gasteiger partial charge in [0, 0.05) is 18.8 Å². The molecule has 1 heterocycles. The van der Waals surface area contributed by atoms with Gasteiger partial charge in [-0.05, 0) is 75.8 Å². The third-order valence-corrected chi connectivity index (χ3v) is 5.78. The van der Waals surface area contributed by atoms with Gasteiger partial charge in [-0.1, -0.05) is 36.8 Å². The lowest BCUT2D eigenvalue weighted by Crippen LogP contribution is -2.38. The molecule has 3 rings (SSSR count). The highest BCUT2D eigenvalue weighted by Gasteiger charge is 2.20. The van der Waals surface area contributed by atoms with Crippen LogP contribution in [0, 0.1) is 19.8 Å². The molecule has 1 amide bonds. The molecule has 0 radical (unpaired) electrons. The number of hydrogen-bond donors (Lipinski definition) is 1. The van der Waals surface area contributed by atoms with Gasteiger partial charge in [-0.3, -0.25) is 4.79 Å². The summed E-state index contributed by atoms with van der Waals surface area (Å²) in [6.45, 7) is 12.4. The van der Waals surface area contributed by atoms with Crippen molar-refractivity contribution >= 4 is 11.6 Å². The zero-order chi connectivity index (χ0) is 21.0. The number of hydrogen-bond acceptors (Lipinski definition) is 3. The number of carbonyl (C=O) groups excluding carboxylic acids is 1. The Kier molecular flexibility index (Phi) is 6.83. The van der Waals surface area contributed by atoms with Crippen molar-refractivity contribution in [2.45, 2.75) is 59.6 Å². The summed E-state index contributed by atoms with van der Waals surface area (Å²) in [6, 6.07) is 14.5. The zero-order valence-electron chi connectivity index (χ0n) is 18.4. The fourth-order valence-corrected chi connectivity index (χ4v) is 3.99. The Morgan fingerprint density at radius 3 is 2.52 bits per heavy atom. The number of anilines is 1. The van der Waals surface area contributed by atoms with E-state index in [2.05, 4.69) is 47.5 Å². The highest BCUT2D eigenvalue weighted by molar-refractivity contribution is 5.81. The van der Waals surface area contributed by atoms with Crippen molar-refractivity contribution in [1.29, 1.82) is 0 Å². The summed E-state index contributed by atoms with van der Waals surface area (Å²) < 4.78 is 5.89. The molecule has 0 spiro atoms. The van der Waals surface area contributed by atoms with Crippen LogP contribution in [0.5, 0.6) is 5.75 Å². The third kappa shape index (κ3) is 5.53. The Morgan fingerprint density at radius 2 is 1.86 bits per heavy atom. The van der Waals surface area contributed by atoms with Gasteiger partial charge in [-0.25, -0.2) is 0 Å². The Balaban J connectivity index is 1.57. The van der Waals surface area contributed by atoms with Crippen LogP contribution in [-0.2, 0) is 4.79 Å². The van der Waals surface area contributed by atoms with Crippen molar-refractivity contribution in [3.63, 3.8) is 0 Å². The van der Waals surface area contributed by atoms with Crippen molar-refractivity contribution in [2.24, 2.45) is 5.92 Å². The summed E-state index contributed by atoms with van der Waals surface area (Å²) in [4.78, 5) is 15.1. The molecule has 3 unspecified atom stereocenters. The second-order valence-electron chi connectivity index (χ2n) is 8.54. The van der Waals surface area contributed by atoms with Gasteiger partial charge < -0.3 is 15.0 Å². The van der Waals surface area contributed by atoms with E-state index >= 15 is 0 Å². The molecule has 4 heteroatoms. The topological polar surface area (TPSA) is 41.6 Å². The lowest BCUT2D eigenvalue weighted by molar-refractivity contribution is -0.127. The predicted molar refractivity (Wildman–Crippen MR) is 120 cm³/mol. The number of benzene rings is 2. The number of aryl methyl sites for hydroxylation is 2. The van der Waals surface area contributed by atoms with E-state index in [0.29, 0.717) is 0 Å². The van der Waals surface area contributed by atoms with Gasteiger partial charge in [0.2, 0.25) is 0 Å². The van der Waals surface area contributed by atoms with Gasteiger partial charge in [-0.2, -0.15) is 0 Å². The van der Waals surface area contributed by atoms with Gasteiger partial charge in [0.1, 0.15) is 5.75 Å². The molecular formula is C25H34N2O2. The van der Waals surface area contributed by atoms with Gasteiger partial charge in [0.15, 0.2) is 6.10 Å². The normalized spacial score (nSPS) is 18.8. The SMILES string of the molecule is Cc1ccc(OC(C)C(=O)NC(C)c2ccc(N3CCCC(C)C3)cc2)c(C)c1. The number of ether oxygens (including phenoxy) is 1. The van der Waals surface area contributed by atoms with Gasteiger partial charge >= 0.3 is 0 Å². The van der Waals surface area contributed by atoms with E-state index in [0.717, 1.165) is 35.9 Å². The van der Waals surface area contributed by atoms with E-state index in [1.807, 2.05) is 32.9 Å². The molecule has 1 fully saturated rings. The third-order valence-electron chi connectivity index (χ3n) is 5.78. The molecule has 1 saturated heterocycles. The first-order valence-electron chi connectivity index (χ1n) is 10.7. The summed E-state index contributed by atoms with van der Waals surface area (Å²) in [5.41, 5.74) is 4.60. The maximum Gasteiger partial charge on any atom is 0.261 e. The van der Waals surface area contributed by atoms with Crippen LogP contribution in [0.4, 0.5) is 5.69 Å². The second-order valence-corrected chi connectivity index (χ2v) is 8.54. The van der Waals surface area contributed by atoms with Crippen molar-refractivity contribution in [3.05, 3.63) is 59.2 Å². The number of rotatable bonds is 6. The van der Waals surface area contributed by atoms with Crippen molar-refractivity contribution in [1.82, 2.24) is 5.32 Å². The van der Waals surface area contributed by atoms with Crippen LogP contribution in [-0.4, -0.2) is 25.1 Å². The maximum atomic E-state index is 12.6. The lowest BCUT2D eigenvalue weighted by atomic mass is 9.99. The Hall–Kier alpha value is -2.49. The summed E-state index contributed by atoms with van der Waals surface area (Å²) in [6.07, 6.45) is 2.03. The van der Waals surface area contributed by atoms with Crippen molar-refractivity contribution in [2.75, 3.05) is 18.0 Å². The van der Waals surface area contributed by atoms with Crippen LogP contribution >= 0.6 is 0 Å². The van der Waals surface area contributed by atoms with E-state index in [-0.39, 0.29) is 11.9 Å². The van der Waals surface area contributed by atoms with E-state index in [1.54, 1.807) is 6.92 Å². The Morgan fingerprint density at radius 1 is 1.14 bits per heavy atom. The monoisotopic (exact) mass is 394 g/mol. The van der Waals surface area contributed by atoms with Crippen LogP contribution in [0.3, 0.4) is 0 Å². The van der Waals surface area contributed by atoms with E-state index in [9.17, 15) is 4.79 Å². The van der Waals surface area contributed by atoms with E-state index < -0.39 is 6.10 Å².